The zero-order chi connectivity index (χ0) is 18.6. The summed E-state index contributed by atoms with van der Waals surface area (Å²) in [6.07, 6.45) is 3.37. The fraction of sp³-hybridized carbons (Fsp3) is 0.333. The van der Waals surface area contributed by atoms with Crippen molar-refractivity contribution in [2.45, 2.75) is 31.8 Å². The Kier molecular flexibility index (Phi) is 5.72. The Hall–Kier alpha value is -1.95. The number of fused-ring (bicyclic) bond motifs is 1. The van der Waals surface area contributed by atoms with E-state index in [0.29, 0.717) is 18.1 Å². The number of piperidine rings is 1. The number of hydrogen-bond donors (Lipinski definition) is 1. The molecule has 0 bridgehead atoms. The molecule has 1 saturated heterocycles. The number of halogens is 1. The quantitative estimate of drug-likeness (QED) is 0.670. The maximum absolute atomic E-state index is 12.5. The third kappa shape index (κ3) is 4.49. The van der Waals surface area contributed by atoms with Crippen LogP contribution in [0.4, 0.5) is 0 Å². The number of thiazole rings is 1. The molecule has 0 spiro atoms. The Labute approximate surface area is 168 Å². The molecule has 4 rings (SSSR count). The Morgan fingerprint density at radius 2 is 2.00 bits per heavy atom. The van der Waals surface area contributed by atoms with Crippen molar-refractivity contribution < 1.29 is 4.79 Å². The van der Waals surface area contributed by atoms with Gasteiger partial charge in [0.1, 0.15) is 5.01 Å². The van der Waals surface area contributed by atoms with E-state index in [2.05, 4.69) is 22.3 Å². The van der Waals surface area contributed by atoms with Crippen molar-refractivity contribution in [3.05, 3.63) is 64.1 Å². The minimum atomic E-state index is 0.0537. The standard InChI is InChI=1S/C21H22ClN3OS/c22-16-10-8-15(9-11-16)13-23-20(26)14-25-12-4-3-6-18(25)21-24-17-5-1-2-7-19(17)27-21/h1-2,5,7-11,18H,3-4,6,12-14H2,(H,23,26)/t18-/m0/s1. The van der Waals surface area contributed by atoms with Gasteiger partial charge in [-0.15, -0.1) is 11.3 Å². The van der Waals surface area contributed by atoms with E-state index in [0.717, 1.165) is 35.5 Å². The van der Waals surface area contributed by atoms with E-state index in [4.69, 9.17) is 16.6 Å². The second kappa shape index (κ2) is 8.38. The first kappa shape index (κ1) is 18.4. The van der Waals surface area contributed by atoms with E-state index in [9.17, 15) is 4.79 Å². The number of aromatic nitrogens is 1. The summed E-state index contributed by atoms with van der Waals surface area (Å²) in [5, 5.41) is 4.86. The van der Waals surface area contributed by atoms with Gasteiger partial charge in [0.25, 0.3) is 0 Å². The number of likely N-dealkylation sites (tertiary alicyclic amines) is 1. The molecule has 1 atom stereocenters. The number of benzene rings is 2. The Bertz CT molecular complexity index is 892. The molecular formula is C21H22ClN3OS. The van der Waals surface area contributed by atoms with Gasteiger partial charge >= 0.3 is 0 Å². The maximum Gasteiger partial charge on any atom is 0.234 e. The molecule has 2 heterocycles. The molecule has 0 unspecified atom stereocenters. The van der Waals surface area contributed by atoms with Crippen LogP contribution in [0.15, 0.2) is 48.5 Å². The number of rotatable bonds is 5. The van der Waals surface area contributed by atoms with Gasteiger partial charge in [-0.05, 0) is 49.2 Å². The van der Waals surface area contributed by atoms with Gasteiger partial charge in [-0.2, -0.15) is 0 Å². The lowest BCUT2D eigenvalue weighted by molar-refractivity contribution is -0.123. The first-order valence-electron chi connectivity index (χ1n) is 9.30. The normalized spacial score (nSPS) is 17.9. The van der Waals surface area contributed by atoms with Crippen molar-refractivity contribution >= 4 is 39.1 Å². The zero-order valence-corrected chi connectivity index (χ0v) is 16.6. The van der Waals surface area contributed by atoms with Crippen LogP contribution < -0.4 is 5.32 Å². The molecule has 6 heteroatoms. The summed E-state index contributed by atoms with van der Waals surface area (Å²) in [4.78, 5) is 19.6. The Morgan fingerprint density at radius 3 is 2.81 bits per heavy atom. The second-order valence-electron chi connectivity index (χ2n) is 6.91. The van der Waals surface area contributed by atoms with Gasteiger partial charge in [-0.3, -0.25) is 9.69 Å². The summed E-state index contributed by atoms with van der Waals surface area (Å²) in [7, 11) is 0. The van der Waals surface area contributed by atoms with Crippen molar-refractivity contribution in [1.82, 2.24) is 15.2 Å². The number of nitrogens with zero attached hydrogens (tertiary/aromatic N) is 2. The molecule has 1 aromatic heterocycles. The molecule has 1 fully saturated rings. The zero-order valence-electron chi connectivity index (χ0n) is 15.0. The van der Waals surface area contributed by atoms with Gasteiger partial charge in [0.2, 0.25) is 5.91 Å². The van der Waals surface area contributed by atoms with Crippen molar-refractivity contribution in [1.29, 1.82) is 0 Å². The predicted molar refractivity (Wildman–Crippen MR) is 111 cm³/mol. The Balaban J connectivity index is 1.41. The summed E-state index contributed by atoms with van der Waals surface area (Å²) in [5.41, 5.74) is 2.10. The summed E-state index contributed by atoms with van der Waals surface area (Å²) >= 11 is 7.66. The van der Waals surface area contributed by atoms with Gasteiger partial charge in [0.15, 0.2) is 0 Å². The van der Waals surface area contributed by atoms with Gasteiger partial charge < -0.3 is 5.32 Å². The molecular weight excluding hydrogens is 378 g/mol. The van der Waals surface area contributed by atoms with Crippen LogP contribution in [-0.2, 0) is 11.3 Å². The minimum absolute atomic E-state index is 0.0537. The molecule has 4 nitrogen and oxygen atoms in total. The SMILES string of the molecule is O=C(CN1CCCC[C@H]1c1nc2ccccc2s1)NCc1ccc(Cl)cc1. The number of carbonyl (C=O) groups excluding carboxylic acids is 1. The van der Waals surface area contributed by atoms with E-state index >= 15 is 0 Å². The minimum Gasteiger partial charge on any atom is -0.351 e. The molecule has 1 aliphatic rings. The molecule has 2 aromatic carbocycles. The van der Waals surface area contributed by atoms with Crippen LogP contribution in [0.25, 0.3) is 10.2 Å². The largest absolute Gasteiger partial charge is 0.351 e. The van der Waals surface area contributed by atoms with E-state index in [1.807, 2.05) is 36.4 Å². The fourth-order valence-corrected chi connectivity index (χ4v) is 4.80. The molecule has 3 aromatic rings. The second-order valence-corrected chi connectivity index (χ2v) is 8.40. The van der Waals surface area contributed by atoms with E-state index in [-0.39, 0.29) is 11.9 Å². The van der Waals surface area contributed by atoms with Gasteiger partial charge in [-0.25, -0.2) is 4.98 Å². The molecule has 0 radical (unpaired) electrons. The topological polar surface area (TPSA) is 45.2 Å². The van der Waals surface area contributed by atoms with Gasteiger partial charge in [0, 0.05) is 11.6 Å². The molecule has 27 heavy (non-hydrogen) atoms. The molecule has 1 amide bonds. The fourth-order valence-electron chi connectivity index (χ4n) is 3.54. The Morgan fingerprint density at radius 1 is 1.19 bits per heavy atom. The van der Waals surface area contributed by atoms with Crippen LogP contribution in [0.3, 0.4) is 0 Å². The monoisotopic (exact) mass is 399 g/mol. The van der Waals surface area contributed by atoms with Crippen molar-refractivity contribution in [2.24, 2.45) is 0 Å². The average Bonchev–Trinajstić information content (AvgIpc) is 3.12. The highest BCUT2D eigenvalue weighted by atomic mass is 35.5. The van der Waals surface area contributed by atoms with E-state index in [1.165, 1.54) is 11.1 Å². The number of para-hydroxylation sites is 1. The third-order valence-electron chi connectivity index (χ3n) is 4.96. The van der Waals surface area contributed by atoms with Crippen molar-refractivity contribution in [3.63, 3.8) is 0 Å². The van der Waals surface area contributed by atoms with Crippen LogP contribution in [0, 0.1) is 0 Å². The average molecular weight is 400 g/mol. The van der Waals surface area contributed by atoms with Crippen LogP contribution in [0.2, 0.25) is 5.02 Å². The summed E-state index contributed by atoms with van der Waals surface area (Å²) in [6, 6.07) is 16.0. The highest BCUT2D eigenvalue weighted by molar-refractivity contribution is 7.18. The highest BCUT2D eigenvalue weighted by Gasteiger charge is 2.28. The van der Waals surface area contributed by atoms with Crippen LogP contribution in [0.1, 0.15) is 35.9 Å². The van der Waals surface area contributed by atoms with Crippen LogP contribution in [-0.4, -0.2) is 28.9 Å². The number of amides is 1. The van der Waals surface area contributed by atoms with Crippen LogP contribution in [0.5, 0.6) is 0 Å². The highest BCUT2D eigenvalue weighted by Crippen LogP contribution is 2.35. The smallest absolute Gasteiger partial charge is 0.234 e. The lowest BCUT2D eigenvalue weighted by Crippen LogP contribution is -2.41. The van der Waals surface area contributed by atoms with Gasteiger partial charge in [0.05, 0.1) is 22.8 Å². The maximum atomic E-state index is 12.5. The lowest BCUT2D eigenvalue weighted by Gasteiger charge is -2.33. The molecule has 0 saturated carbocycles. The summed E-state index contributed by atoms with van der Waals surface area (Å²) in [5.74, 6) is 0.0537. The molecule has 140 valence electrons. The van der Waals surface area contributed by atoms with E-state index in [1.54, 1.807) is 11.3 Å². The predicted octanol–water partition coefficient (Wildman–Crippen LogP) is 4.79. The summed E-state index contributed by atoms with van der Waals surface area (Å²) in [6.45, 7) is 1.87. The molecule has 0 aliphatic carbocycles. The van der Waals surface area contributed by atoms with Crippen LogP contribution >= 0.6 is 22.9 Å². The number of hydrogen-bond acceptors (Lipinski definition) is 4. The first-order chi connectivity index (χ1) is 13.2. The summed E-state index contributed by atoms with van der Waals surface area (Å²) < 4.78 is 1.21. The molecule has 1 N–H and O–H groups in total. The number of carbonyl (C=O) groups is 1. The lowest BCUT2D eigenvalue weighted by atomic mass is 10.0. The third-order valence-corrected chi connectivity index (χ3v) is 6.35. The molecule has 1 aliphatic heterocycles. The van der Waals surface area contributed by atoms with Gasteiger partial charge in [-0.1, -0.05) is 42.3 Å². The van der Waals surface area contributed by atoms with Crippen molar-refractivity contribution in [2.75, 3.05) is 13.1 Å². The number of nitrogens with one attached hydrogen (secondary N) is 1. The van der Waals surface area contributed by atoms with Crippen molar-refractivity contribution in [3.8, 4) is 0 Å². The first-order valence-corrected chi connectivity index (χ1v) is 10.5. The van der Waals surface area contributed by atoms with E-state index < -0.39 is 0 Å².